The summed E-state index contributed by atoms with van der Waals surface area (Å²) in [6.45, 7) is 5.86. The monoisotopic (exact) mass is 622 g/mol. The van der Waals surface area contributed by atoms with E-state index in [1.165, 1.54) is 0 Å². The van der Waals surface area contributed by atoms with Crippen molar-refractivity contribution in [3.63, 3.8) is 0 Å². The molecular weight excluding hydrogens is 588 g/mol. The third-order valence-corrected chi connectivity index (χ3v) is 6.89. The third-order valence-electron chi connectivity index (χ3n) is 6.36. The molecule has 1 amide bonds. The highest BCUT2D eigenvalue weighted by atomic mass is 79.9. The number of amides is 1. The van der Waals surface area contributed by atoms with Crippen molar-refractivity contribution in [2.24, 2.45) is 4.99 Å². The Morgan fingerprint density at radius 3 is 2.34 bits per heavy atom. The maximum Gasteiger partial charge on any atom is 0.306 e. The molecule has 9 heteroatoms. The zero-order valence-corrected chi connectivity index (χ0v) is 25.0. The van der Waals surface area contributed by atoms with Crippen LogP contribution in [-0.2, 0) is 19.1 Å². The smallest absolute Gasteiger partial charge is 0.306 e. The van der Waals surface area contributed by atoms with Gasteiger partial charge in [-0.15, -0.1) is 0 Å². The summed E-state index contributed by atoms with van der Waals surface area (Å²) in [5.74, 6) is 0.113. The third kappa shape index (κ3) is 7.95. The fraction of sp³-hybridized carbons (Fsp3) is 0.344. The molecule has 216 valence electrons. The fourth-order valence-corrected chi connectivity index (χ4v) is 4.72. The average molecular weight is 624 g/mol. The van der Waals surface area contributed by atoms with Crippen molar-refractivity contribution >= 4 is 39.4 Å². The molecule has 3 aromatic rings. The Morgan fingerprint density at radius 2 is 1.71 bits per heavy atom. The molecule has 0 saturated carbocycles. The summed E-state index contributed by atoms with van der Waals surface area (Å²) < 4.78 is 18.6. The number of nitrogens with zero attached hydrogens (tertiary/aromatic N) is 1. The van der Waals surface area contributed by atoms with E-state index in [0.717, 1.165) is 10.0 Å². The molecule has 0 aromatic heterocycles. The zero-order valence-electron chi connectivity index (χ0n) is 23.4. The summed E-state index contributed by atoms with van der Waals surface area (Å²) in [7, 11) is 0. The summed E-state index contributed by atoms with van der Waals surface area (Å²) in [6, 6.07) is 23.8. The molecule has 1 aliphatic heterocycles. The minimum Gasteiger partial charge on any atom is -0.494 e. The Labute approximate surface area is 248 Å². The number of para-hydroxylation sites is 1. The van der Waals surface area contributed by atoms with Crippen molar-refractivity contribution in [2.45, 2.75) is 57.3 Å². The van der Waals surface area contributed by atoms with Gasteiger partial charge in [-0.1, -0.05) is 46.3 Å². The number of ether oxygens (including phenoxy) is 3. The first kappa shape index (κ1) is 30.3. The van der Waals surface area contributed by atoms with Gasteiger partial charge in [0.1, 0.15) is 11.4 Å². The van der Waals surface area contributed by atoms with E-state index in [1.54, 1.807) is 45.0 Å². The van der Waals surface area contributed by atoms with Gasteiger partial charge in [0.25, 0.3) is 5.91 Å². The molecule has 4 rings (SSSR count). The van der Waals surface area contributed by atoms with Gasteiger partial charge in [0.2, 0.25) is 5.90 Å². The van der Waals surface area contributed by atoms with Gasteiger partial charge in [0, 0.05) is 35.2 Å². The normalized spacial score (nSPS) is 18.3. The van der Waals surface area contributed by atoms with Crippen LogP contribution in [0.5, 0.6) is 5.75 Å². The summed E-state index contributed by atoms with van der Waals surface area (Å²) in [6.07, 6.45) is -0.252. The molecule has 41 heavy (non-hydrogen) atoms. The van der Waals surface area contributed by atoms with Crippen molar-refractivity contribution in [3.8, 4) is 5.75 Å². The number of carbonyl (C=O) groups excluding carboxylic acids is 2. The summed E-state index contributed by atoms with van der Waals surface area (Å²) in [5.41, 5.74) is -0.122. The number of aliphatic hydroxyl groups is 1. The number of halogens is 1. The van der Waals surface area contributed by atoms with E-state index in [2.05, 4.69) is 21.2 Å². The highest BCUT2D eigenvalue weighted by Crippen LogP contribution is 2.44. The van der Waals surface area contributed by atoms with Gasteiger partial charge in [-0.25, -0.2) is 4.99 Å². The number of hydrogen-bond acceptors (Lipinski definition) is 7. The number of rotatable bonds is 11. The summed E-state index contributed by atoms with van der Waals surface area (Å²) >= 11 is 3.48. The lowest BCUT2D eigenvalue weighted by atomic mass is 9.83. The summed E-state index contributed by atoms with van der Waals surface area (Å²) in [5, 5.41) is 12.0. The van der Waals surface area contributed by atoms with Crippen molar-refractivity contribution in [1.29, 1.82) is 0 Å². The van der Waals surface area contributed by atoms with Crippen LogP contribution in [0.3, 0.4) is 0 Å². The van der Waals surface area contributed by atoms with E-state index >= 15 is 0 Å². The van der Waals surface area contributed by atoms with Crippen molar-refractivity contribution in [1.82, 2.24) is 0 Å². The number of esters is 1. The van der Waals surface area contributed by atoms with Gasteiger partial charge in [-0.2, -0.15) is 0 Å². The topological polar surface area (TPSA) is 106 Å². The molecule has 0 unspecified atom stereocenters. The molecule has 0 fully saturated rings. The van der Waals surface area contributed by atoms with E-state index in [1.807, 2.05) is 54.6 Å². The van der Waals surface area contributed by atoms with Gasteiger partial charge in [-0.05, 0) is 81.3 Å². The molecule has 2 atom stereocenters. The number of carbonyl (C=O) groups is 2. The molecule has 0 aliphatic carbocycles. The lowest BCUT2D eigenvalue weighted by Gasteiger charge is -2.31. The number of aliphatic imine (C=N–C) groups is 1. The first-order chi connectivity index (χ1) is 19.6. The average Bonchev–Trinajstić information content (AvgIpc) is 3.33. The number of anilines is 1. The second kappa shape index (κ2) is 13.3. The van der Waals surface area contributed by atoms with E-state index in [0.29, 0.717) is 30.0 Å². The van der Waals surface area contributed by atoms with Crippen LogP contribution >= 0.6 is 15.9 Å². The maximum atomic E-state index is 14.2. The standard InChI is InChI=1S/C32H35BrN2O6/c1-31(2,3)41-27(37)18-19-32(30(38)34-25-8-5-4-6-9-25)28(22-10-14-24(33)15-11-22)40-29(35-32)23-12-16-26(17-13-23)39-21-7-20-36/h4-6,8-17,28,36H,7,18-21H2,1-3H3,(H,34,38)/t28-,32-/m1/s1. The maximum absolute atomic E-state index is 14.2. The van der Waals surface area contributed by atoms with E-state index in [9.17, 15) is 9.59 Å². The number of aliphatic hydroxyl groups excluding tert-OH is 1. The lowest BCUT2D eigenvalue weighted by molar-refractivity contribution is -0.155. The van der Waals surface area contributed by atoms with Crippen LogP contribution < -0.4 is 10.1 Å². The van der Waals surface area contributed by atoms with Crippen LogP contribution in [0.4, 0.5) is 5.69 Å². The molecule has 1 aliphatic rings. The van der Waals surface area contributed by atoms with E-state index in [4.69, 9.17) is 24.3 Å². The molecule has 2 N–H and O–H groups in total. The molecule has 0 bridgehead atoms. The number of hydrogen-bond donors (Lipinski definition) is 2. The molecule has 0 spiro atoms. The van der Waals surface area contributed by atoms with E-state index < -0.39 is 23.2 Å². The predicted molar refractivity (Wildman–Crippen MR) is 161 cm³/mol. The second-order valence-electron chi connectivity index (χ2n) is 10.7. The SMILES string of the molecule is CC(C)(C)OC(=O)CC[C@@]1(C(=O)Nc2ccccc2)N=C(c2ccc(OCCCO)cc2)O[C@@H]1c1ccc(Br)cc1. The Morgan fingerprint density at radius 1 is 1.02 bits per heavy atom. The van der Waals surface area contributed by atoms with Gasteiger partial charge >= 0.3 is 5.97 Å². The Balaban J connectivity index is 1.74. The summed E-state index contributed by atoms with van der Waals surface area (Å²) in [4.78, 5) is 31.9. The van der Waals surface area contributed by atoms with Gasteiger partial charge in [0.05, 0.1) is 6.61 Å². The van der Waals surface area contributed by atoms with Crippen molar-refractivity contribution in [3.05, 3.63) is 94.5 Å². The number of nitrogens with one attached hydrogen (secondary N) is 1. The largest absolute Gasteiger partial charge is 0.494 e. The fourth-order valence-electron chi connectivity index (χ4n) is 4.45. The highest BCUT2D eigenvalue weighted by Gasteiger charge is 2.53. The molecule has 0 saturated heterocycles. The van der Waals surface area contributed by atoms with Crippen LogP contribution in [0.2, 0.25) is 0 Å². The van der Waals surface area contributed by atoms with Crippen LogP contribution in [0, 0.1) is 0 Å². The van der Waals surface area contributed by atoms with Crippen LogP contribution in [0.1, 0.15) is 57.3 Å². The predicted octanol–water partition coefficient (Wildman–Crippen LogP) is 6.23. The zero-order chi connectivity index (χ0) is 29.5. The second-order valence-corrected chi connectivity index (χ2v) is 11.7. The van der Waals surface area contributed by atoms with Gasteiger partial charge in [0.15, 0.2) is 11.6 Å². The van der Waals surface area contributed by atoms with Crippen molar-refractivity contribution < 1.29 is 28.9 Å². The first-order valence-corrected chi connectivity index (χ1v) is 14.3. The Hall–Kier alpha value is -3.69. The molecule has 0 radical (unpaired) electrons. The Bertz CT molecular complexity index is 1350. The molecule has 1 heterocycles. The van der Waals surface area contributed by atoms with Crippen LogP contribution in [0.15, 0.2) is 88.3 Å². The van der Waals surface area contributed by atoms with Crippen LogP contribution in [0.25, 0.3) is 0 Å². The lowest BCUT2D eigenvalue weighted by Crippen LogP contribution is -2.45. The first-order valence-electron chi connectivity index (χ1n) is 13.5. The van der Waals surface area contributed by atoms with E-state index in [-0.39, 0.29) is 31.3 Å². The van der Waals surface area contributed by atoms with Crippen molar-refractivity contribution in [2.75, 3.05) is 18.5 Å². The molecule has 3 aromatic carbocycles. The minimum atomic E-state index is -1.47. The van der Waals surface area contributed by atoms with Gasteiger partial charge < -0.3 is 24.6 Å². The van der Waals surface area contributed by atoms with Gasteiger partial charge in [-0.3, -0.25) is 9.59 Å². The molecular formula is C32H35BrN2O6. The highest BCUT2D eigenvalue weighted by molar-refractivity contribution is 9.10. The number of benzene rings is 3. The molecule has 8 nitrogen and oxygen atoms in total. The quantitative estimate of drug-likeness (QED) is 0.194. The van der Waals surface area contributed by atoms with Crippen LogP contribution in [-0.4, -0.2) is 47.2 Å². The minimum absolute atomic E-state index is 0.0374. The Kier molecular flexibility index (Phi) is 9.83.